The average molecular weight is 520 g/mol. The summed E-state index contributed by atoms with van der Waals surface area (Å²) in [5.41, 5.74) is 2.90. The minimum atomic E-state index is -4.37. The number of hydrogen-bond donors (Lipinski definition) is 2. The van der Waals surface area contributed by atoms with Crippen molar-refractivity contribution in [3.8, 4) is 22.8 Å². The molecule has 2 heterocycles. The van der Waals surface area contributed by atoms with Crippen molar-refractivity contribution in [3.05, 3.63) is 47.5 Å². The minimum Gasteiger partial charge on any atom is -0.493 e. The van der Waals surface area contributed by atoms with Crippen LogP contribution in [0.1, 0.15) is 29.9 Å². The number of benzene rings is 2. The molecule has 1 saturated heterocycles. The van der Waals surface area contributed by atoms with Crippen molar-refractivity contribution >= 4 is 17.0 Å². The van der Waals surface area contributed by atoms with Gasteiger partial charge in [-0.25, -0.2) is 4.79 Å². The number of carboxylic acid groups (broad SMARTS) is 1. The standard InChI is InChI=1S/C27H32F3N3O4/c1-32(26(34)35)12-13-33-10-8-17(9-11-33)18-4-6-22-20(14-18)21(16-27(28,29)30)25(31-22)19-5-7-23(36-2)24(15-19)37-3/h4-7,14-15,17,31H,8-13,16H2,1-3H3,(H,34,35). The fourth-order valence-corrected chi connectivity index (χ4v) is 5.02. The molecule has 0 radical (unpaired) electrons. The topological polar surface area (TPSA) is 78.0 Å². The van der Waals surface area contributed by atoms with Gasteiger partial charge in [0.2, 0.25) is 0 Å². The van der Waals surface area contributed by atoms with Crippen LogP contribution in [0.3, 0.4) is 0 Å². The number of methoxy groups -OCH3 is 2. The van der Waals surface area contributed by atoms with Gasteiger partial charge in [0.1, 0.15) is 0 Å². The molecule has 0 bridgehead atoms. The van der Waals surface area contributed by atoms with E-state index in [9.17, 15) is 18.0 Å². The lowest BCUT2D eigenvalue weighted by Crippen LogP contribution is -2.39. The molecule has 1 aromatic heterocycles. The van der Waals surface area contributed by atoms with E-state index in [1.54, 1.807) is 25.2 Å². The Morgan fingerprint density at radius 3 is 2.43 bits per heavy atom. The number of nitrogens with zero attached hydrogens (tertiary/aromatic N) is 2. The Kier molecular flexibility index (Phi) is 7.87. The Bertz CT molecular complexity index is 1250. The van der Waals surface area contributed by atoms with E-state index >= 15 is 0 Å². The number of ether oxygens (including phenoxy) is 2. The van der Waals surface area contributed by atoms with E-state index in [0.717, 1.165) is 31.5 Å². The molecule has 0 saturated carbocycles. The van der Waals surface area contributed by atoms with Crippen molar-refractivity contribution in [2.75, 3.05) is 47.4 Å². The maximum Gasteiger partial charge on any atom is 0.407 e. The number of amides is 1. The highest BCUT2D eigenvalue weighted by molar-refractivity contribution is 5.91. The zero-order chi connectivity index (χ0) is 26.7. The first-order valence-corrected chi connectivity index (χ1v) is 12.2. The Morgan fingerprint density at radius 2 is 1.81 bits per heavy atom. The van der Waals surface area contributed by atoms with E-state index in [-0.39, 0.29) is 11.5 Å². The SMILES string of the molecule is COc1ccc(-c2[nH]c3ccc(C4CCN(CCN(C)C(=O)O)CC4)cc3c2CC(F)(F)F)cc1OC. The van der Waals surface area contributed by atoms with E-state index < -0.39 is 18.7 Å². The number of aromatic nitrogens is 1. The lowest BCUT2D eigenvalue weighted by atomic mass is 9.88. The molecular formula is C27H32F3N3O4. The van der Waals surface area contributed by atoms with E-state index in [2.05, 4.69) is 9.88 Å². The summed E-state index contributed by atoms with van der Waals surface area (Å²) in [6.45, 7) is 2.73. The number of rotatable bonds is 8. The molecular weight excluding hydrogens is 487 g/mol. The van der Waals surface area contributed by atoms with Gasteiger partial charge in [-0.1, -0.05) is 6.07 Å². The van der Waals surface area contributed by atoms with Crippen LogP contribution in [-0.2, 0) is 6.42 Å². The predicted octanol–water partition coefficient (Wildman–Crippen LogP) is 5.75. The highest BCUT2D eigenvalue weighted by Gasteiger charge is 2.32. The van der Waals surface area contributed by atoms with Crippen LogP contribution in [0.2, 0.25) is 0 Å². The van der Waals surface area contributed by atoms with Crippen LogP contribution in [0.15, 0.2) is 36.4 Å². The fourth-order valence-electron chi connectivity index (χ4n) is 5.02. The quantitative estimate of drug-likeness (QED) is 0.397. The number of halogens is 3. The van der Waals surface area contributed by atoms with Gasteiger partial charge in [-0.2, -0.15) is 13.2 Å². The molecule has 1 aliphatic heterocycles. The number of hydrogen-bond acceptors (Lipinski definition) is 4. The Labute approximate surface area is 213 Å². The average Bonchev–Trinajstić information content (AvgIpc) is 3.23. The number of H-pyrrole nitrogens is 1. The molecule has 200 valence electrons. The van der Waals surface area contributed by atoms with E-state index in [1.807, 2.05) is 18.2 Å². The largest absolute Gasteiger partial charge is 0.493 e. The maximum atomic E-state index is 13.7. The van der Waals surface area contributed by atoms with Gasteiger partial charge in [0.15, 0.2) is 11.5 Å². The van der Waals surface area contributed by atoms with Crippen LogP contribution in [-0.4, -0.2) is 79.6 Å². The van der Waals surface area contributed by atoms with Crippen molar-refractivity contribution < 1.29 is 32.5 Å². The van der Waals surface area contributed by atoms with Crippen LogP contribution < -0.4 is 9.47 Å². The number of likely N-dealkylation sites (N-methyl/N-ethyl adjacent to an activating group) is 1. The number of aromatic amines is 1. The van der Waals surface area contributed by atoms with Crippen molar-refractivity contribution in [3.63, 3.8) is 0 Å². The van der Waals surface area contributed by atoms with Gasteiger partial charge in [0, 0.05) is 36.6 Å². The number of carbonyl (C=O) groups is 1. The fraction of sp³-hybridized carbons (Fsp3) is 0.444. The van der Waals surface area contributed by atoms with Gasteiger partial charge < -0.3 is 29.4 Å². The lowest BCUT2D eigenvalue weighted by Gasteiger charge is -2.33. The van der Waals surface area contributed by atoms with E-state index in [1.165, 1.54) is 19.1 Å². The molecule has 3 aromatic rings. The van der Waals surface area contributed by atoms with Crippen molar-refractivity contribution in [1.29, 1.82) is 0 Å². The van der Waals surface area contributed by atoms with Gasteiger partial charge >= 0.3 is 12.3 Å². The zero-order valence-corrected chi connectivity index (χ0v) is 21.2. The summed E-state index contributed by atoms with van der Waals surface area (Å²) in [7, 11) is 4.55. The minimum absolute atomic E-state index is 0.214. The van der Waals surface area contributed by atoms with Gasteiger partial charge in [-0.05, 0) is 73.3 Å². The molecule has 10 heteroatoms. The second-order valence-corrected chi connectivity index (χ2v) is 9.47. The molecule has 0 atom stereocenters. The molecule has 1 aliphatic rings. The first-order chi connectivity index (χ1) is 17.6. The number of fused-ring (bicyclic) bond motifs is 1. The first kappa shape index (κ1) is 26.7. The van der Waals surface area contributed by atoms with Gasteiger partial charge in [0.05, 0.1) is 26.3 Å². The van der Waals surface area contributed by atoms with Crippen molar-refractivity contribution in [1.82, 2.24) is 14.8 Å². The van der Waals surface area contributed by atoms with Crippen LogP contribution in [0.4, 0.5) is 18.0 Å². The Balaban J connectivity index is 1.61. The third-order valence-electron chi connectivity index (χ3n) is 7.12. The molecule has 37 heavy (non-hydrogen) atoms. The molecule has 7 nitrogen and oxygen atoms in total. The summed E-state index contributed by atoms with van der Waals surface area (Å²) in [4.78, 5) is 17.7. The Morgan fingerprint density at radius 1 is 1.11 bits per heavy atom. The molecule has 2 aromatic carbocycles. The molecule has 4 rings (SSSR count). The second kappa shape index (κ2) is 10.9. The highest BCUT2D eigenvalue weighted by atomic mass is 19.4. The smallest absolute Gasteiger partial charge is 0.407 e. The van der Waals surface area contributed by atoms with Crippen molar-refractivity contribution in [2.45, 2.75) is 31.4 Å². The molecule has 1 amide bonds. The lowest BCUT2D eigenvalue weighted by molar-refractivity contribution is -0.126. The third kappa shape index (κ3) is 6.12. The number of piperidine rings is 1. The first-order valence-electron chi connectivity index (χ1n) is 12.2. The van der Waals surface area contributed by atoms with Gasteiger partial charge in [-0.3, -0.25) is 0 Å². The van der Waals surface area contributed by atoms with Gasteiger partial charge in [-0.15, -0.1) is 0 Å². The van der Waals surface area contributed by atoms with Crippen molar-refractivity contribution in [2.24, 2.45) is 0 Å². The van der Waals surface area contributed by atoms with Crippen LogP contribution in [0.25, 0.3) is 22.2 Å². The molecule has 0 spiro atoms. The Hall–Kier alpha value is -3.40. The molecule has 1 fully saturated rings. The summed E-state index contributed by atoms with van der Waals surface area (Å²) >= 11 is 0. The van der Waals surface area contributed by atoms with Crippen LogP contribution >= 0.6 is 0 Å². The van der Waals surface area contributed by atoms with Gasteiger partial charge in [0.25, 0.3) is 0 Å². The molecule has 0 aliphatic carbocycles. The summed E-state index contributed by atoms with van der Waals surface area (Å²) in [5, 5.41) is 9.60. The number of likely N-dealkylation sites (tertiary alicyclic amines) is 1. The predicted molar refractivity (Wildman–Crippen MR) is 136 cm³/mol. The van der Waals surface area contributed by atoms with E-state index in [4.69, 9.17) is 14.6 Å². The highest BCUT2D eigenvalue weighted by Crippen LogP contribution is 2.40. The van der Waals surface area contributed by atoms with Crippen LogP contribution in [0, 0.1) is 0 Å². The summed E-state index contributed by atoms with van der Waals surface area (Å²) < 4.78 is 51.7. The third-order valence-corrected chi connectivity index (χ3v) is 7.12. The molecule has 2 N–H and O–H groups in total. The normalized spacial score (nSPS) is 15.2. The summed E-state index contributed by atoms with van der Waals surface area (Å²) in [6, 6.07) is 10.8. The summed E-state index contributed by atoms with van der Waals surface area (Å²) in [5.74, 6) is 1.18. The second-order valence-electron chi connectivity index (χ2n) is 9.47. The zero-order valence-electron chi connectivity index (χ0n) is 21.2. The molecule has 0 unspecified atom stereocenters. The number of alkyl halides is 3. The number of nitrogens with one attached hydrogen (secondary N) is 1. The van der Waals surface area contributed by atoms with Crippen LogP contribution in [0.5, 0.6) is 11.5 Å². The monoisotopic (exact) mass is 519 g/mol. The maximum absolute atomic E-state index is 13.7. The summed E-state index contributed by atoms with van der Waals surface area (Å²) in [6.07, 6.45) is -4.63. The van der Waals surface area contributed by atoms with E-state index in [0.29, 0.717) is 46.7 Å².